The molecule has 0 saturated carbocycles. The van der Waals surface area contributed by atoms with Crippen molar-refractivity contribution in [1.29, 1.82) is 0 Å². The van der Waals surface area contributed by atoms with Gasteiger partial charge in [-0.3, -0.25) is 0 Å². The third-order valence-electron chi connectivity index (χ3n) is 2.32. The number of halogens is 1. The van der Waals surface area contributed by atoms with Crippen LogP contribution in [0.25, 0.3) is 0 Å². The Labute approximate surface area is 106 Å². The summed E-state index contributed by atoms with van der Waals surface area (Å²) in [7, 11) is 0. The van der Waals surface area contributed by atoms with Crippen LogP contribution in [0.4, 0.5) is 5.95 Å². The zero-order valence-corrected chi connectivity index (χ0v) is 11.5. The molecule has 1 rings (SSSR count). The first-order valence-corrected chi connectivity index (χ1v) is 6.49. The molecule has 0 fully saturated rings. The van der Waals surface area contributed by atoms with Crippen LogP contribution in [0.15, 0.2) is 16.9 Å². The van der Waals surface area contributed by atoms with E-state index >= 15 is 0 Å². The molecule has 0 radical (unpaired) electrons. The molecule has 5 heteroatoms. The van der Waals surface area contributed by atoms with Gasteiger partial charge in [-0.15, -0.1) is 0 Å². The second-order valence-electron chi connectivity index (χ2n) is 3.59. The van der Waals surface area contributed by atoms with E-state index in [-0.39, 0.29) is 0 Å². The van der Waals surface area contributed by atoms with Gasteiger partial charge >= 0.3 is 0 Å². The normalized spacial score (nSPS) is 10.8. The second-order valence-corrected chi connectivity index (χ2v) is 4.50. The van der Waals surface area contributed by atoms with Crippen LogP contribution in [0.2, 0.25) is 0 Å². The monoisotopic (exact) mass is 286 g/mol. The Bertz CT molecular complexity index is 289. The minimum absolute atomic E-state index is 0.691. The molecule has 0 spiro atoms. The Morgan fingerprint density at radius 3 is 2.50 bits per heavy atom. The molecule has 1 aromatic heterocycles. The standard InChI is InChI=1S/C11H19BrN4/c1-3-6-16(4-2)7-5-13-11-14-8-10(12)9-15-11/h8-9H,3-7H2,1-2H3,(H,13,14,15). The fourth-order valence-electron chi connectivity index (χ4n) is 1.47. The van der Waals surface area contributed by atoms with Crippen LogP contribution in [0.5, 0.6) is 0 Å². The van der Waals surface area contributed by atoms with E-state index in [2.05, 4.69) is 50.0 Å². The summed E-state index contributed by atoms with van der Waals surface area (Å²) in [5.74, 6) is 0.691. The molecule has 0 aliphatic rings. The number of hydrogen-bond acceptors (Lipinski definition) is 4. The summed E-state index contributed by atoms with van der Waals surface area (Å²) in [4.78, 5) is 10.7. The zero-order valence-electron chi connectivity index (χ0n) is 9.91. The maximum absolute atomic E-state index is 4.16. The lowest BCUT2D eigenvalue weighted by molar-refractivity contribution is 0.300. The molecule has 0 amide bonds. The highest BCUT2D eigenvalue weighted by Gasteiger charge is 2.00. The van der Waals surface area contributed by atoms with Crippen LogP contribution in [0, 0.1) is 0 Å². The van der Waals surface area contributed by atoms with Gasteiger partial charge < -0.3 is 10.2 Å². The Balaban J connectivity index is 2.26. The van der Waals surface area contributed by atoms with Crippen molar-refractivity contribution in [2.24, 2.45) is 0 Å². The molecule has 0 aromatic carbocycles. The highest BCUT2D eigenvalue weighted by Crippen LogP contribution is 2.06. The zero-order chi connectivity index (χ0) is 11.8. The van der Waals surface area contributed by atoms with Crippen molar-refractivity contribution in [3.8, 4) is 0 Å². The first kappa shape index (κ1) is 13.4. The topological polar surface area (TPSA) is 41.0 Å². The second kappa shape index (κ2) is 7.57. The predicted octanol–water partition coefficient (Wildman–Crippen LogP) is 2.38. The van der Waals surface area contributed by atoms with Gasteiger partial charge in [0.15, 0.2) is 0 Å². The number of hydrogen-bond donors (Lipinski definition) is 1. The molecular formula is C11H19BrN4. The quantitative estimate of drug-likeness (QED) is 0.836. The maximum Gasteiger partial charge on any atom is 0.222 e. The van der Waals surface area contributed by atoms with Crippen LogP contribution < -0.4 is 5.32 Å². The van der Waals surface area contributed by atoms with Gasteiger partial charge in [-0.2, -0.15) is 0 Å². The summed E-state index contributed by atoms with van der Waals surface area (Å²) < 4.78 is 0.902. The average molecular weight is 287 g/mol. The summed E-state index contributed by atoms with van der Waals surface area (Å²) in [6, 6.07) is 0. The third-order valence-corrected chi connectivity index (χ3v) is 2.73. The summed E-state index contributed by atoms with van der Waals surface area (Å²) in [5.41, 5.74) is 0. The van der Waals surface area contributed by atoms with Crippen molar-refractivity contribution in [2.45, 2.75) is 20.3 Å². The van der Waals surface area contributed by atoms with Gasteiger partial charge in [0.2, 0.25) is 5.95 Å². The average Bonchev–Trinajstić information content (AvgIpc) is 2.30. The van der Waals surface area contributed by atoms with Gasteiger partial charge in [0.25, 0.3) is 0 Å². The molecule has 1 heterocycles. The number of nitrogens with one attached hydrogen (secondary N) is 1. The molecule has 0 saturated heterocycles. The molecular weight excluding hydrogens is 268 g/mol. The lowest BCUT2D eigenvalue weighted by atomic mass is 10.4. The van der Waals surface area contributed by atoms with Crippen molar-refractivity contribution in [3.05, 3.63) is 16.9 Å². The molecule has 90 valence electrons. The Hall–Kier alpha value is -0.680. The molecule has 0 bridgehead atoms. The van der Waals surface area contributed by atoms with E-state index < -0.39 is 0 Å². The van der Waals surface area contributed by atoms with Crippen LogP contribution in [0.3, 0.4) is 0 Å². The maximum atomic E-state index is 4.16. The van der Waals surface area contributed by atoms with Crippen LogP contribution >= 0.6 is 15.9 Å². The van der Waals surface area contributed by atoms with Gasteiger partial charge in [-0.05, 0) is 35.4 Å². The van der Waals surface area contributed by atoms with E-state index in [1.165, 1.54) is 6.42 Å². The van der Waals surface area contributed by atoms with Gasteiger partial charge in [0, 0.05) is 25.5 Å². The van der Waals surface area contributed by atoms with Crippen molar-refractivity contribution in [1.82, 2.24) is 14.9 Å². The molecule has 4 nitrogen and oxygen atoms in total. The fourth-order valence-corrected chi connectivity index (χ4v) is 1.68. The van der Waals surface area contributed by atoms with E-state index in [4.69, 9.17) is 0 Å². The predicted molar refractivity (Wildman–Crippen MR) is 70.6 cm³/mol. The Kier molecular flexibility index (Phi) is 6.33. The molecule has 0 aliphatic carbocycles. The highest BCUT2D eigenvalue weighted by atomic mass is 79.9. The minimum atomic E-state index is 0.691. The van der Waals surface area contributed by atoms with Gasteiger partial charge in [0.1, 0.15) is 0 Å². The van der Waals surface area contributed by atoms with E-state index in [9.17, 15) is 0 Å². The van der Waals surface area contributed by atoms with Crippen molar-refractivity contribution >= 4 is 21.9 Å². The Morgan fingerprint density at radius 2 is 1.94 bits per heavy atom. The van der Waals surface area contributed by atoms with Crippen molar-refractivity contribution in [3.63, 3.8) is 0 Å². The van der Waals surface area contributed by atoms with E-state index in [0.717, 1.165) is 30.7 Å². The Morgan fingerprint density at radius 1 is 1.25 bits per heavy atom. The van der Waals surface area contributed by atoms with Crippen molar-refractivity contribution < 1.29 is 0 Å². The summed E-state index contributed by atoms with van der Waals surface area (Å²) in [5, 5.41) is 3.21. The molecule has 0 unspecified atom stereocenters. The lowest BCUT2D eigenvalue weighted by Gasteiger charge is -2.19. The first-order chi connectivity index (χ1) is 7.76. The van der Waals surface area contributed by atoms with E-state index in [0.29, 0.717) is 5.95 Å². The van der Waals surface area contributed by atoms with E-state index in [1.54, 1.807) is 12.4 Å². The molecule has 0 aliphatic heterocycles. The van der Waals surface area contributed by atoms with Crippen LogP contribution in [-0.4, -0.2) is 41.0 Å². The number of anilines is 1. The van der Waals surface area contributed by atoms with Crippen molar-refractivity contribution in [2.75, 3.05) is 31.5 Å². The SMILES string of the molecule is CCCN(CC)CCNc1ncc(Br)cn1. The molecule has 0 atom stereocenters. The van der Waals surface area contributed by atoms with Gasteiger partial charge in [0.05, 0.1) is 4.47 Å². The number of aromatic nitrogens is 2. The number of likely N-dealkylation sites (N-methyl/N-ethyl adjacent to an activating group) is 1. The number of rotatable bonds is 7. The highest BCUT2D eigenvalue weighted by molar-refractivity contribution is 9.10. The fraction of sp³-hybridized carbons (Fsp3) is 0.636. The molecule has 1 N–H and O–H groups in total. The first-order valence-electron chi connectivity index (χ1n) is 5.70. The number of nitrogens with zero attached hydrogens (tertiary/aromatic N) is 3. The van der Waals surface area contributed by atoms with Gasteiger partial charge in [-0.25, -0.2) is 9.97 Å². The lowest BCUT2D eigenvalue weighted by Crippen LogP contribution is -2.29. The molecule has 16 heavy (non-hydrogen) atoms. The smallest absolute Gasteiger partial charge is 0.222 e. The summed E-state index contributed by atoms with van der Waals surface area (Å²) in [6.45, 7) is 8.55. The van der Waals surface area contributed by atoms with E-state index in [1.807, 2.05) is 0 Å². The molecule has 1 aromatic rings. The van der Waals surface area contributed by atoms with Crippen LogP contribution in [-0.2, 0) is 0 Å². The minimum Gasteiger partial charge on any atom is -0.353 e. The summed E-state index contributed by atoms with van der Waals surface area (Å²) in [6.07, 6.45) is 4.69. The summed E-state index contributed by atoms with van der Waals surface area (Å²) >= 11 is 3.31. The largest absolute Gasteiger partial charge is 0.353 e. The third kappa shape index (κ3) is 4.90. The van der Waals surface area contributed by atoms with Crippen LogP contribution in [0.1, 0.15) is 20.3 Å². The van der Waals surface area contributed by atoms with Gasteiger partial charge in [-0.1, -0.05) is 13.8 Å².